The largest absolute Gasteiger partial charge is 0.385 e. The van der Waals surface area contributed by atoms with Gasteiger partial charge in [-0.25, -0.2) is 4.98 Å². The first kappa shape index (κ1) is 16.7. The predicted molar refractivity (Wildman–Crippen MR) is 89.7 cm³/mol. The van der Waals surface area contributed by atoms with Gasteiger partial charge in [0, 0.05) is 12.7 Å². The lowest BCUT2D eigenvalue weighted by Crippen LogP contribution is -2.26. The summed E-state index contributed by atoms with van der Waals surface area (Å²) in [6.07, 6.45) is 3.18. The fraction of sp³-hybridized carbons (Fsp3) is 0.500. The van der Waals surface area contributed by atoms with E-state index in [-0.39, 0.29) is 6.04 Å². The number of aromatic nitrogens is 2. The molecule has 22 heavy (non-hydrogen) atoms. The quantitative estimate of drug-likeness (QED) is 0.909. The summed E-state index contributed by atoms with van der Waals surface area (Å²) in [6.45, 7) is 7.82. The number of fused-ring (bicyclic) bond motifs is 1. The Morgan fingerprint density at radius 3 is 2.64 bits per heavy atom. The van der Waals surface area contributed by atoms with E-state index in [1.807, 2.05) is 26.1 Å². The lowest BCUT2D eigenvalue weighted by atomic mass is 9.95. The molecule has 0 radical (unpaired) electrons. The highest BCUT2D eigenvalue weighted by Gasteiger charge is 2.29. The van der Waals surface area contributed by atoms with Gasteiger partial charge in [0.1, 0.15) is 11.9 Å². The van der Waals surface area contributed by atoms with Gasteiger partial charge in [0.25, 0.3) is 0 Å². The number of benzene rings is 1. The highest BCUT2D eigenvalue weighted by Crippen LogP contribution is 2.36. The predicted octanol–water partition coefficient (Wildman–Crippen LogP) is 3.44. The van der Waals surface area contributed by atoms with Gasteiger partial charge in [-0.3, -0.25) is 0 Å². The molecule has 0 aliphatic carbocycles. The van der Waals surface area contributed by atoms with Crippen LogP contribution in [0, 0.1) is 0 Å². The van der Waals surface area contributed by atoms with Crippen molar-refractivity contribution in [2.45, 2.75) is 52.3 Å². The van der Waals surface area contributed by atoms with Crippen LogP contribution in [0.2, 0.25) is 0 Å². The molecule has 4 nitrogen and oxygen atoms in total. The molecule has 1 aromatic heterocycles. The molecule has 2 heterocycles. The molecule has 0 amide bonds. The van der Waals surface area contributed by atoms with Crippen LogP contribution in [0.4, 0.5) is 0 Å². The van der Waals surface area contributed by atoms with Crippen molar-refractivity contribution in [2.75, 3.05) is 6.54 Å². The summed E-state index contributed by atoms with van der Waals surface area (Å²) < 4.78 is 2.21. The average molecular weight is 301 g/mol. The van der Waals surface area contributed by atoms with Crippen molar-refractivity contribution in [1.29, 1.82) is 0 Å². The van der Waals surface area contributed by atoms with Crippen LogP contribution in [0.25, 0.3) is 0 Å². The Labute approximate surface area is 133 Å². The van der Waals surface area contributed by atoms with Crippen LogP contribution in [0.3, 0.4) is 0 Å². The molecule has 0 fully saturated rings. The van der Waals surface area contributed by atoms with Crippen LogP contribution < -0.4 is 5.32 Å². The first-order valence-corrected chi connectivity index (χ1v) is 8.31. The Balaban J connectivity index is 0.000000847. The van der Waals surface area contributed by atoms with E-state index in [9.17, 15) is 5.11 Å². The van der Waals surface area contributed by atoms with Gasteiger partial charge >= 0.3 is 0 Å². The minimum atomic E-state index is -0.440. The zero-order valence-electron chi connectivity index (χ0n) is 13.8. The Morgan fingerprint density at radius 1 is 1.23 bits per heavy atom. The van der Waals surface area contributed by atoms with Crippen molar-refractivity contribution in [3.63, 3.8) is 0 Å². The molecule has 1 aromatic carbocycles. The Bertz CT molecular complexity index is 565. The van der Waals surface area contributed by atoms with Gasteiger partial charge in [-0.1, -0.05) is 51.1 Å². The van der Waals surface area contributed by atoms with Crippen molar-refractivity contribution < 1.29 is 5.11 Å². The smallest absolute Gasteiger partial charge is 0.138 e. The molecule has 2 unspecified atom stereocenters. The number of hydrogen-bond donors (Lipinski definition) is 2. The number of hydrogen-bond acceptors (Lipinski definition) is 3. The normalized spacial score (nSPS) is 20.0. The maximum atomic E-state index is 10.2. The maximum absolute atomic E-state index is 10.2. The van der Waals surface area contributed by atoms with Crippen molar-refractivity contribution in [3.8, 4) is 0 Å². The molecule has 1 aliphatic rings. The van der Waals surface area contributed by atoms with Crippen LogP contribution in [0.5, 0.6) is 0 Å². The number of nitrogens with zero attached hydrogens (tertiary/aromatic N) is 2. The molecule has 2 aromatic rings. The van der Waals surface area contributed by atoms with Crippen molar-refractivity contribution in [3.05, 3.63) is 53.6 Å². The lowest BCUT2D eigenvalue weighted by Gasteiger charge is -2.30. The fourth-order valence-electron chi connectivity index (χ4n) is 2.97. The molecule has 120 valence electrons. The third-order valence-corrected chi connectivity index (χ3v) is 3.97. The zero-order chi connectivity index (χ0) is 15.9. The lowest BCUT2D eigenvalue weighted by molar-refractivity contribution is 0.126. The second-order valence-corrected chi connectivity index (χ2v) is 5.28. The number of imidazole rings is 1. The topological polar surface area (TPSA) is 50.1 Å². The van der Waals surface area contributed by atoms with E-state index in [0.29, 0.717) is 0 Å². The average Bonchev–Trinajstić information content (AvgIpc) is 3.01. The van der Waals surface area contributed by atoms with Gasteiger partial charge in [-0.05, 0) is 24.9 Å². The first-order valence-electron chi connectivity index (χ1n) is 8.31. The number of aliphatic hydroxyl groups excluding tert-OH is 1. The van der Waals surface area contributed by atoms with Crippen LogP contribution in [0.15, 0.2) is 36.5 Å². The van der Waals surface area contributed by atoms with Gasteiger partial charge in [0.15, 0.2) is 0 Å². The van der Waals surface area contributed by atoms with Crippen molar-refractivity contribution in [2.24, 2.45) is 0 Å². The van der Waals surface area contributed by atoms with Gasteiger partial charge < -0.3 is 15.0 Å². The van der Waals surface area contributed by atoms with Crippen molar-refractivity contribution in [1.82, 2.24) is 14.9 Å². The molecule has 0 bridgehead atoms. The second-order valence-electron chi connectivity index (χ2n) is 5.28. The highest BCUT2D eigenvalue weighted by atomic mass is 16.3. The molecular weight excluding hydrogens is 274 g/mol. The molecule has 0 spiro atoms. The van der Waals surface area contributed by atoms with Crippen LogP contribution in [-0.4, -0.2) is 21.2 Å². The summed E-state index contributed by atoms with van der Waals surface area (Å²) in [5.41, 5.74) is 2.44. The fourth-order valence-corrected chi connectivity index (χ4v) is 2.97. The Morgan fingerprint density at radius 2 is 1.95 bits per heavy atom. The third-order valence-electron chi connectivity index (χ3n) is 3.97. The van der Waals surface area contributed by atoms with Gasteiger partial charge in [-0.2, -0.15) is 0 Å². The van der Waals surface area contributed by atoms with Gasteiger partial charge in [-0.15, -0.1) is 0 Å². The molecule has 2 N–H and O–H groups in total. The summed E-state index contributed by atoms with van der Waals surface area (Å²) in [7, 11) is 0. The molecule has 1 aliphatic heterocycles. The molecule has 2 atom stereocenters. The Hall–Kier alpha value is -1.65. The molecule has 0 saturated carbocycles. The SMILES string of the molecule is CC.CCNCc1cnc2n1C(c1ccccc1)CCC2O. The zero-order valence-corrected chi connectivity index (χ0v) is 13.8. The first-order chi connectivity index (χ1) is 10.8. The van der Waals surface area contributed by atoms with E-state index in [0.717, 1.165) is 37.4 Å². The van der Waals surface area contributed by atoms with E-state index in [1.54, 1.807) is 0 Å². The monoisotopic (exact) mass is 301 g/mol. The van der Waals surface area contributed by atoms with Crippen LogP contribution in [0.1, 0.15) is 62.8 Å². The van der Waals surface area contributed by atoms with E-state index in [4.69, 9.17) is 0 Å². The summed E-state index contributed by atoms with van der Waals surface area (Å²) in [5.74, 6) is 0.804. The van der Waals surface area contributed by atoms with E-state index in [2.05, 4.69) is 46.1 Å². The summed E-state index contributed by atoms with van der Waals surface area (Å²) in [4.78, 5) is 4.44. The maximum Gasteiger partial charge on any atom is 0.138 e. The van der Waals surface area contributed by atoms with Crippen LogP contribution >= 0.6 is 0 Å². The highest BCUT2D eigenvalue weighted by molar-refractivity contribution is 5.25. The molecule has 0 saturated heterocycles. The molecule has 3 rings (SSSR count). The number of nitrogens with one attached hydrogen (secondary N) is 1. The Kier molecular flexibility index (Phi) is 6.16. The van der Waals surface area contributed by atoms with Crippen molar-refractivity contribution >= 4 is 0 Å². The summed E-state index contributed by atoms with van der Waals surface area (Å²) >= 11 is 0. The summed E-state index contributed by atoms with van der Waals surface area (Å²) in [6, 6.07) is 10.8. The molecular formula is C18H27N3O. The minimum absolute atomic E-state index is 0.283. The summed E-state index contributed by atoms with van der Waals surface area (Å²) in [5, 5.41) is 13.5. The minimum Gasteiger partial charge on any atom is -0.385 e. The van der Waals surface area contributed by atoms with Crippen LogP contribution in [-0.2, 0) is 6.54 Å². The third kappa shape index (κ3) is 3.39. The van der Waals surface area contributed by atoms with E-state index in [1.165, 1.54) is 5.56 Å². The van der Waals surface area contributed by atoms with E-state index >= 15 is 0 Å². The second kappa shape index (κ2) is 8.11. The van der Waals surface area contributed by atoms with Gasteiger partial charge in [0.2, 0.25) is 0 Å². The number of aliphatic hydroxyl groups is 1. The van der Waals surface area contributed by atoms with Gasteiger partial charge in [0.05, 0.1) is 11.7 Å². The van der Waals surface area contributed by atoms with E-state index < -0.39 is 6.10 Å². The number of rotatable bonds is 4. The standard InChI is InChI=1S/C16H21N3O.C2H6/c1-2-17-10-13-11-18-16-15(20)9-8-14(19(13)16)12-6-4-3-5-7-12;1-2/h3-7,11,14-15,17,20H,2,8-10H2,1H3;1-2H3. The molecule has 4 heteroatoms.